The molecule has 2 heterocycles. The fraction of sp³-hybridized carbons (Fsp3) is 0.409. The maximum Gasteiger partial charge on any atom is 0.223 e. The van der Waals surface area contributed by atoms with Gasteiger partial charge >= 0.3 is 0 Å². The largest absolute Gasteiger partial charge is 0.486 e. The number of nitrogens with one attached hydrogen (secondary N) is 1. The lowest BCUT2D eigenvalue weighted by Crippen LogP contribution is -2.45. The predicted molar refractivity (Wildman–Crippen MR) is 114 cm³/mol. The number of nitrogens with zero attached hydrogens (tertiary/aromatic N) is 1. The Labute approximate surface area is 180 Å². The number of fused-ring (bicyclic) bond motifs is 1. The van der Waals surface area contributed by atoms with Crippen LogP contribution < -0.4 is 14.8 Å². The highest BCUT2D eigenvalue weighted by atomic mass is 35.5. The fourth-order valence-electron chi connectivity index (χ4n) is 3.78. The summed E-state index contributed by atoms with van der Waals surface area (Å²) in [4.78, 5) is 14.9. The van der Waals surface area contributed by atoms with Crippen LogP contribution in [0.15, 0.2) is 42.5 Å². The molecule has 2 aliphatic heterocycles. The minimum atomic E-state index is -0.170. The second kappa shape index (κ2) is 9.24. The van der Waals surface area contributed by atoms with Crippen LogP contribution >= 0.6 is 23.2 Å². The number of hydrogen-bond donors (Lipinski definition) is 1. The number of carbonyl (C=O) groups excluding carboxylic acids is 1. The van der Waals surface area contributed by atoms with E-state index in [9.17, 15) is 4.79 Å². The summed E-state index contributed by atoms with van der Waals surface area (Å²) in [6, 6.07) is 13.2. The van der Waals surface area contributed by atoms with Gasteiger partial charge in [-0.3, -0.25) is 9.69 Å². The molecule has 0 radical (unpaired) electrons. The van der Waals surface area contributed by atoms with Crippen molar-refractivity contribution in [3.8, 4) is 11.5 Å². The molecule has 0 unspecified atom stereocenters. The van der Waals surface area contributed by atoms with E-state index in [-0.39, 0.29) is 17.9 Å². The molecule has 1 amide bonds. The number of piperidine rings is 1. The van der Waals surface area contributed by atoms with Crippen LogP contribution in [0.5, 0.6) is 11.5 Å². The van der Waals surface area contributed by atoms with Crippen LogP contribution in [0.1, 0.15) is 18.4 Å². The molecule has 2 aliphatic rings. The number of ether oxygens (including phenoxy) is 2. The Morgan fingerprint density at radius 1 is 1.03 bits per heavy atom. The summed E-state index contributed by atoms with van der Waals surface area (Å²) < 4.78 is 11.6. The molecule has 0 saturated carbocycles. The molecule has 1 saturated heterocycles. The molecule has 1 N–H and O–H groups in total. The Balaban J connectivity index is 1.22. The van der Waals surface area contributed by atoms with Gasteiger partial charge in [-0.1, -0.05) is 41.4 Å². The van der Waals surface area contributed by atoms with Crippen LogP contribution in [-0.4, -0.2) is 43.2 Å². The summed E-state index contributed by atoms with van der Waals surface area (Å²) in [5.74, 6) is 1.58. The van der Waals surface area contributed by atoms with Crippen molar-refractivity contribution in [1.29, 1.82) is 0 Å². The van der Waals surface area contributed by atoms with Crippen LogP contribution in [0.25, 0.3) is 0 Å². The summed E-state index contributed by atoms with van der Waals surface area (Å²) in [5, 5.41) is 4.41. The van der Waals surface area contributed by atoms with Gasteiger partial charge in [-0.2, -0.15) is 0 Å². The van der Waals surface area contributed by atoms with Crippen LogP contribution in [0.4, 0.5) is 0 Å². The minimum absolute atomic E-state index is 0.0183. The quantitative estimate of drug-likeness (QED) is 0.767. The van der Waals surface area contributed by atoms with E-state index in [2.05, 4.69) is 10.2 Å². The molecule has 7 heteroatoms. The Kier molecular flexibility index (Phi) is 6.48. The Morgan fingerprint density at radius 3 is 2.45 bits per heavy atom. The molecule has 1 atom stereocenters. The first kappa shape index (κ1) is 20.3. The van der Waals surface area contributed by atoms with Gasteiger partial charge in [-0.25, -0.2) is 0 Å². The number of para-hydroxylation sites is 2. The van der Waals surface area contributed by atoms with Gasteiger partial charge in [0.25, 0.3) is 0 Å². The predicted octanol–water partition coefficient (Wildman–Crippen LogP) is 4.16. The third kappa shape index (κ3) is 4.97. The summed E-state index contributed by atoms with van der Waals surface area (Å²) in [7, 11) is 0. The number of benzene rings is 2. The molecule has 1 fully saturated rings. The maximum absolute atomic E-state index is 12.6. The van der Waals surface area contributed by atoms with E-state index in [1.54, 1.807) is 0 Å². The number of halogens is 2. The molecule has 154 valence electrons. The summed E-state index contributed by atoms with van der Waals surface area (Å²) in [5.41, 5.74) is 0.952. The normalized spacial score (nSPS) is 19.7. The van der Waals surface area contributed by atoms with Crippen LogP contribution in [0, 0.1) is 5.92 Å². The van der Waals surface area contributed by atoms with Crippen LogP contribution in [0.2, 0.25) is 10.0 Å². The zero-order valence-electron chi connectivity index (χ0n) is 16.1. The molecule has 0 spiro atoms. The van der Waals surface area contributed by atoms with E-state index >= 15 is 0 Å². The van der Waals surface area contributed by atoms with Gasteiger partial charge in [0.15, 0.2) is 11.5 Å². The molecular weight excluding hydrogens is 411 g/mol. The number of amides is 1. The molecular formula is C22H24Cl2N2O3. The summed E-state index contributed by atoms with van der Waals surface area (Å²) >= 11 is 12.6. The first-order valence-electron chi connectivity index (χ1n) is 9.91. The second-order valence-electron chi connectivity index (χ2n) is 7.49. The minimum Gasteiger partial charge on any atom is -0.486 e. The number of hydrogen-bond acceptors (Lipinski definition) is 4. The zero-order valence-corrected chi connectivity index (χ0v) is 17.6. The maximum atomic E-state index is 12.6. The Morgan fingerprint density at radius 2 is 1.72 bits per heavy atom. The van der Waals surface area contributed by atoms with Gasteiger partial charge in [-0.15, -0.1) is 0 Å². The van der Waals surface area contributed by atoms with Crippen molar-refractivity contribution < 1.29 is 14.3 Å². The van der Waals surface area contributed by atoms with E-state index in [4.69, 9.17) is 32.7 Å². The van der Waals surface area contributed by atoms with E-state index in [0.717, 1.165) is 43.0 Å². The summed E-state index contributed by atoms with van der Waals surface area (Å²) in [6.45, 7) is 3.28. The van der Waals surface area contributed by atoms with E-state index < -0.39 is 0 Å². The number of rotatable bonds is 5. The van der Waals surface area contributed by atoms with Crippen LogP contribution in [-0.2, 0) is 11.3 Å². The SMILES string of the molecule is O=C(NC[C@H]1COc2ccccc2O1)C1CCN(Cc2c(Cl)cccc2Cl)CC1. The molecule has 2 aromatic carbocycles. The Bertz CT molecular complexity index is 849. The first-order valence-corrected chi connectivity index (χ1v) is 10.7. The standard InChI is InChI=1S/C22H24Cl2N2O3/c23-18-4-3-5-19(24)17(18)13-26-10-8-15(9-11-26)22(27)25-12-16-14-28-20-6-1-2-7-21(20)29-16/h1-7,15-16H,8-14H2,(H,25,27)/t16-/m0/s1. The lowest BCUT2D eigenvalue weighted by Gasteiger charge is -2.32. The lowest BCUT2D eigenvalue weighted by molar-refractivity contribution is -0.127. The average Bonchev–Trinajstić information content (AvgIpc) is 2.75. The van der Waals surface area contributed by atoms with Gasteiger partial charge in [-0.05, 0) is 50.2 Å². The van der Waals surface area contributed by atoms with Gasteiger partial charge in [0.05, 0.1) is 6.54 Å². The molecule has 0 aliphatic carbocycles. The molecule has 0 bridgehead atoms. The highest BCUT2D eigenvalue weighted by molar-refractivity contribution is 6.35. The highest BCUT2D eigenvalue weighted by Crippen LogP contribution is 2.31. The van der Waals surface area contributed by atoms with Gasteiger partial charge in [0.1, 0.15) is 12.7 Å². The Hall–Kier alpha value is -1.95. The summed E-state index contributed by atoms with van der Waals surface area (Å²) in [6.07, 6.45) is 1.47. The zero-order chi connectivity index (χ0) is 20.2. The fourth-order valence-corrected chi connectivity index (χ4v) is 4.30. The van der Waals surface area contributed by atoms with Crippen molar-refractivity contribution in [2.24, 2.45) is 5.92 Å². The van der Waals surface area contributed by atoms with Crippen molar-refractivity contribution in [3.63, 3.8) is 0 Å². The molecule has 29 heavy (non-hydrogen) atoms. The van der Waals surface area contributed by atoms with Crippen molar-refractivity contribution in [3.05, 3.63) is 58.1 Å². The monoisotopic (exact) mass is 434 g/mol. The van der Waals surface area contributed by atoms with Crippen molar-refractivity contribution >= 4 is 29.1 Å². The van der Waals surface area contributed by atoms with Gasteiger partial charge in [0.2, 0.25) is 5.91 Å². The van der Waals surface area contributed by atoms with Crippen LogP contribution in [0.3, 0.4) is 0 Å². The topological polar surface area (TPSA) is 50.8 Å². The van der Waals surface area contributed by atoms with Crippen molar-refractivity contribution in [2.75, 3.05) is 26.2 Å². The molecule has 4 rings (SSSR count). The number of likely N-dealkylation sites (tertiary alicyclic amines) is 1. The van der Waals surface area contributed by atoms with Gasteiger partial charge in [0, 0.05) is 28.1 Å². The first-order chi connectivity index (χ1) is 14.1. The lowest BCUT2D eigenvalue weighted by atomic mass is 9.95. The van der Waals surface area contributed by atoms with Gasteiger partial charge < -0.3 is 14.8 Å². The van der Waals surface area contributed by atoms with Crippen molar-refractivity contribution in [2.45, 2.75) is 25.5 Å². The molecule has 0 aromatic heterocycles. The number of carbonyl (C=O) groups is 1. The third-order valence-corrected chi connectivity index (χ3v) is 6.18. The van der Waals surface area contributed by atoms with E-state index in [1.165, 1.54) is 0 Å². The third-order valence-electron chi connectivity index (χ3n) is 5.47. The average molecular weight is 435 g/mol. The highest BCUT2D eigenvalue weighted by Gasteiger charge is 2.27. The molecule has 2 aromatic rings. The smallest absolute Gasteiger partial charge is 0.223 e. The van der Waals surface area contributed by atoms with E-state index in [1.807, 2.05) is 42.5 Å². The van der Waals surface area contributed by atoms with Crippen molar-refractivity contribution in [1.82, 2.24) is 10.2 Å². The molecule has 5 nitrogen and oxygen atoms in total. The van der Waals surface area contributed by atoms with E-state index in [0.29, 0.717) is 29.7 Å². The second-order valence-corrected chi connectivity index (χ2v) is 8.31.